The summed E-state index contributed by atoms with van der Waals surface area (Å²) in [6.45, 7) is 3.03. The maximum absolute atomic E-state index is 14.0. The van der Waals surface area contributed by atoms with E-state index in [0.29, 0.717) is 17.0 Å². The van der Waals surface area contributed by atoms with Crippen LogP contribution in [0.4, 0.5) is 10.1 Å². The van der Waals surface area contributed by atoms with Crippen LogP contribution in [0.1, 0.15) is 31.4 Å². The smallest absolute Gasteiger partial charge is 0.244 e. The zero-order valence-electron chi connectivity index (χ0n) is 22.5. The first-order chi connectivity index (χ1) is 18.9. The molecule has 0 radical (unpaired) electrons. The second kappa shape index (κ2) is 14.0. The fraction of sp³-hybridized carbons (Fsp3) is 0.310. The summed E-state index contributed by atoms with van der Waals surface area (Å²) in [7, 11) is -4.00. The minimum atomic E-state index is -4.00. The molecule has 3 aromatic carbocycles. The lowest BCUT2D eigenvalue weighted by molar-refractivity contribution is -0.140. The molecule has 0 saturated heterocycles. The highest BCUT2D eigenvalue weighted by atomic mass is 35.5. The number of hydrogen-bond acceptors (Lipinski definition) is 4. The molecule has 1 N–H and O–H groups in total. The van der Waals surface area contributed by atoms with E-state index in [9.17, 15) is 22.4 Å². The summed E-state index contributed by atoms with van der Waals surface area (Å²) in [5, 5.41) is 3.64. The highest BCUT2D eigenvalue weighted by Crippen LogP contribution is 2.25. The van der Waals surface area contributed by atoms with Crippen molar-refractivity contribution in [2.24, 2.45) is 0 Å². The van der Waals surface area contributed by atoms with Crippen LogP contribution in [0.15, 0.2) is 72.8 Å². The number of hydrogen-bond donors (Lipinski definition) is 1. The van der Waals surface area contributed by atoms with Crippen LogP contribution >= 0.6 is 23.2 Å². The first-order valence-electron chi connectivity index (χ1n) is 12.7. The Labute approximate surface area is 244 Å². The molecule has 0 bridgehead atoms. The predicted octanol–water partition coefficient (Wildman–Crippen LogP) is 5.45. The number of nitrogens with zero attached hydrogens (tertiary/aromatic N) is 2. The average Bonchev–Trinajstić information content (AvgIpc) is 2.90. The molecular weight excluding hydrogens is 576 g/mol. The van der Waals surface area contributed by atoms with Gasteiger partial charge in [0.25, 0.3) is 0 Å². The SMILES string of the molecule is CC[C@H](C)NC(=O)[C@H](Cc1ccccc1)N(Cc1ccc(Cl)cc1Cl)C(=O)CN(c1cccc(F)c1)S(C)(=O)=O. The lowest BCUT2D eigenvalue weighted by Gasteiger charge is -2.34. The number of anilines is 1. The molecule has 3 aromatic rings. The van der Waals surface area contributed by atoms with Crippen molar-refractivity contribution < 1.29 is 22.4 Å². The third-order valence-electron chi connectivity index (χ3n) is 6.40. The number of benzene rings is 3. The van der Waals surface area contributed by atoms with E-state index >= 15 is 0 Å². The molecule has 2 amide bonds. The first kappa shape index (κ1) is 31.4. The van der Waals surface area contributed by atoms with Gasteiger partial charge < -0.3 is 10.2 Å². The van der Waals surface area contributed by atoms with Gasteiger partial charge in [-0.25, -0.2) is 12.8 Å². The van der Waals surface area contributed by atoms with Crippen LogP contribution in [0, 0.1) is 5.82 Å². The molecule has 0 aliphatic rings. The monoisotopic (exact) mass is 607 g/mol. The summed E-state index contributed by atoms with van der Waals surface area (Å²) >= 11 is 12.5. The number of halogens is 3. The van der Waals surface area contributed by atoms with E-state index in [-0.39, 0.29) is 29.7 Å². The lowest BCUT2D eigenvalue weighted by Crippen LogP contribution is -2.54. The Hall–Kier alpha value is -3.14. The van der Waals surface area contributed by atoms with Crippen molar-refractivity contribution in [3.05, 3.63) is 99.8 Å². The average molecular weight is 609 g/mol. The lowest BCUT2D eigenvalue weighted by atomic mass is 10.0. The number of rotatable bonds is 12. The molecule has 11 heteroatoms. The van der Waals surface area contributed by atoms with E-state index in [4.69, 9.17) is 23.2 Å². The van der Waals surface area contributed by atoms with Crippen molar-refractivity contribution in [2.45, 2.75) is 45.3 Å². The van der Waals surface area contributed by atoms with Gasteiger partial charge in [0.2, 0.25) is 21.8 Å². The summed E-state index contributed by atoms with van der Waals surface area (Å²) in [4.78, 5) is 29.0. The molecule has 40 heavy (non-hydrogen) atoms. The van der Waals surface area contributed by atoms with Crippen molar-refractivity contribution in [3.8, 4) is 0 Å². The van der Waals surface area contributed by atoms with Crippen molar-refractivity contribution in [1.29, 1.82) is 0 Å². The van der Waals surface area contributed by atoms with E-state index in [1.54, 1.807) is 12.1 Å². The summed E-state index contributed by atoms with van der Waals surface area (Å²) in [6, 6.07) is 17.8. The van der Waals surface area contributed by atoms with Crippen molar-refractivity contribution in [1.82, 2.24) is 10.2 Å². The fourth-order valence-corrected chi connectivity index (χ4v) is 5.38. The second-order valence-corrected chi connectivity index (χ2v) is 12.3. The summed E-state index contributed by atoms with van der Waals surface area (Å²) in [6.07, 6.45) is 1.77. The number of nitrogens with one attached hydrogen (secondary N) is 1. The van der Waals surface area contributed by atoms with Crippen LogP contribution in [-0.4, -0.2) is 50.0 Å². The van der Waals surface area contributed by atoms with Gasteiger partial charge in [-0.05, 0) is 54.8 Å². The van der Waals surface area contributed by atoms with E-state index in [0.717, 1.165) is 22.2 Å². The van der Waals surface area contributed by atoms with Gasteiger partial charge >= 0.3 is 0 Å². The Balaban J connectivity index is 2.09. The Bertz CT molecular complexity index is 1440. The predicted molar refractivity (Wildman–Crippen MR) is 157 cm³/mol. The Morgan fingerprint density at radius 3 is 2.30 bits per heavy atom. The van der Waals surface area contributed by atoms with E-state index in [1.165, 1.54) is 29.2 Å². The van der Waals surface area contributed by atoms with Crippen LogP contribution in [0.3, 0.4) is 0 Å². The van der Waals surface area contributed by atoms with Gasteiger partial charge in [-0.3, -0.25) is 13.9 Å². The highest BCUT2D eigenvalue weighted by molar-refractivity contribution is 7.92. The van der Waals surface area contributed by atoms with Gasteiger partial charge in [0, 0.05) is 29.1 Å². The van der Waals surface area contributed by atoms with Crippen LogP contribution in [0.25, 0.3) is 0 Å². The van der Waals surface area contributed by atoms with E-state index in [2.05, 4.69) is 5.32 Å². The largest absolute Gasteiger partial charge is 0.352 e. The van der Waals surface area contributed by atoms with Gasteiger partial charge in [0.15, 0.2) is 0 Å². The third-order valence-corrected chi connectivity index (χ3v) is 8.13. The highest BCUT2D eigenvalue weighted by Gasteiger charge is 2.33. The maximum atomic E-state index is 14.0. The number of carbonyl (C=O) groups is 2. The molecule has 0 spiro atoms. The first-order valence-corrected chi connectivity index (χ1v) is 15.3. The zero-order valence-corrected chi connectivity index (χ0v) is 24.8. The van der Waals surface area contributed by atoms with Crippen LogP contribution in [0.5, 0.6) is 0 Å². The van der Waals surface area contributed by atoms with E-state index in [1.807, 2.05) is 44.2 Å². The molecule has 0 aliphatic carbocycles. The summed E-state index contributed by atoms with van der Waals surface area (Å²) in [5.41, 5.74) is 1.31. The van der Waals surface area contributed by atoms with Gasteiger partial charge in [-0.15, -0.1) is 0 Å². The quantitative estimate of drug-likeness (QED) is 0.296. The summed E-state index contributed by atoms with van der Waals surface area (Å²) < 4.78 is 40.3. The normalized spacial score (nSPS) is 12.8. The van der Waals surface area contributed by atoms with Gasteiger partial charge in [0.1, 0.15) is 18.4 Å². The number of amides is 2. The Kier molecular flexibility index (Phi) is 11.0. The summed E-state index contributed by atoms with van der Waals surface area (Å²) in [5.74, 6) is -1.72. The molecule has 0 aliphatic heterocycles. The van der Waals surface area contributed by atoms with Crippen molar-refractivity contribution >= 4 is 50.7 Å². The third kappa shape index (κ3) is 8.68. The minimum absolute atomic E-state index is 0.0102. The molecule has 0 aromatic heterocycles. The van der Waals surface area contributed by atoms with Crippen LogP contribution < -0.4 is 9.62 Å². The second-order valence-electron chi connectivity index (χ2n) is 9.53. The zero-order chi connectivity index (χ0) is 29.4. The Morgan fingerprint density at radius 2 is 1.70 bits per heavy atom. The van der Waals surface area contributed by atoms with Crippen LogP contribution in [0.2, 0.25) is 10.0 Å². The maximum Gasteiger partial charge on any atom is 0.244 e. The molecule has 0 heterocycles. The minimum Gasteiger partial charge on any atom is -0.352 e. The molecule has 0 unspecified atom stereocenters. The topological polar surface area (TPSA) is 86.8 Å². The van der Waals surface area contributed by atoms with Gasteiger partial charge in [-0.1, -0.05) is 72.6 Å². The number of carbonyl (C=O) groups excluding carboxylic acids is 2. The van der Waals surface area contributed by atoms with Crippen molar-refractivity contribution in [3.63, 3.8) is 0 Å². The molecule has 3 rings (SSSR count). The molecule has 7 nitrogen and oxygen atoms in total. The van der Waals surface area contributed by atoms with Crippen LogP contribution in [-0.2, 0) is 32.6 Å². The molecule has 0 saturated carbocycles. The molecule has 0 fully saturated rings. The molecular formula is C29H32Cl2FN3O4S. The van der Waals surface area contributed by atoms with Crippen molar-refractivity contribution in [2.75, 3.05) is 17.1 Å². The molecule has 2 atom stereocenters. The standard InChI is InChI=1S/C29H32Cl2FN3O4S/c1-4-20(2)33-29(37)27(15-21-9-6-5-7-10-21)34(18-22-13-14-23(30)16-26(22)31)28(36)19-35(40(3,38)39)25-12-8-11-24(32)17-25/h5-14,16-17,20,27H,4,15,18-19H2,1-3H3,(H,33,37)/t20-,27-/m0/s1. The Morgan fingerprint density at radius 1 is 1.00 bits per heavy atom. The van der Waals surface area contributed by atoms with Gasteiger partial charge in [-0.2, -0.15) is 0 Å². The number of sulfonamides is 1. The van der Waals surface area contributed by atoms with E-state index < -0.39 is 40.2 Å². The fourth-order valence-electron chi connectivity index (χ4n) is 4.07. The molecule has 214 valence electrons. The van der Waals surface area contributed by atoms with Gasteiger partial charge in [0.05, 0.1) is 11.9 Å².